The van der Waals surface area contributed by atoms with Gasteiger partial charge in [0.15, 0.2) is 0 Å². The van der Waals surface area contributed by atoms with Crippen LogP contribution >= 0.6 is 0 Å². The Morgan fingerprint density at radius 1 is 0.708 bits per heavy atom. The summed E-state index contributed by atoms with van der Waals surface area (Å²) in [6, 6.07) is 11.3. The van der Waals surface area contributed by atoms with Crippen LogP contribution in [0.5, 0.6) is 0 Å². The van der Waals surface area contributed by atoms with E-state index in [-0.39, 0.29) is 0 Å². The molecule has 0 unspecified atom stereocenters. The summed E-state index contributed by atoms with van der Waals surface area (Å²) in [6.45, 7) is 7.05. The average Bonchev–Trinajstić information content (AvgIpc) is 2.62. The molecule has 2 aromatic carbocycles. The minimum absolute atomic E-state index is 0.472. The molecule has 1 saturated heterocycles. The van der Waals surface area contributed by atoms with Gasteiger partial charge in [-0.3, -0.25) is 0 Å². The Morgan fingerprint density at radius 2 is 1.08 bits per heavy atom. The van der Waals surface area contributed by atoms with Crippen molar-refractivity contribution in [1.82, 2.24) is 0 Å². The van der Waals surface area contributed by atoms with E-state index in [0.29, 0.717) is 11.4 Å². The van der Waals surface area contributed by atoms with Crippen LogP contribution in [-0.4, -0.2) is 26.2 Å². The van der Waals surface area contributed by atoms with Crippen molar-refractivity contribution < 1.29 is 0 Å². The van der Waals surface area contributed by atoms with Crippen molar-refractivity contribution in [3.8, 4) is 0 Å². The number of hydrogen-bond donors (Lipinski definition) is 0. The second-order valence-electron chi connectivity index (χ2n) is 6.14. The third-order valence-electron chi connectivity index (χ3n) is 4.42. The van der Waals surface area contributed by atoms with E-state index in [2.05, 4.69) is 20.2 Å². The Bertz CT molecular complexity index is 702. The lowest BCUT2D eigenvalue weighted by Gasteiger charge is -2.38. The number of benzene rings is 2. The summed E-state index contributed by atoms with van der Waals surface area (Å²) >= 11 is 0. The monoisotopic (exact) mass is 324 g/mol. The van der Waals surface area contributed by atoms with E-state index < -0.39 is 0 Å². The third-order valence-corrected chi connectivity index (χ3v) is 4.42. The molecule has 24 heavy (non-hydrogen) atoms. The first-order valence-electron chi connectivity index (χ1n) is 8.00. The van der Waals surface area contributed by atoms with E-state index in [1.165, 1.54) is 0 Å². The van der Waals surface area contributed by atoms with Crippen molar-refractivity contribution in [2.45, 2.75) is 13.8 Å². The zero-order valence-electron chi connectivity index (χ0n) is 13.9. The summed E-state index contributed by atoms with van der Waals surface area (Å²) in [7, 11) is 0. The molecule has 0 atom stereocenters. The predicted molar refractivity (Wildman–Crippen MR) is 97.7 cm³/mol. The van der Waals surface area contributed by atoms with Crippen LogP contribution in [0.25, 0.3) is 0 Å². The molecule has 0 N–H and O–H groups in total. The number of anilines is 2. The van der Waals surface area contributed by atoms with E-state index in [9.17, 15) is 9.81 Å². The largest absolute Gasteiger partial charge is 0.366 e. The van der Waals surface area contributed by atoms with E-state index in [1.807, 2.05) is 38.1 Å². The SMILES string of the molecule is Cc1ccc(N=O)c(N2CCN(c3cc(C)ccc3N=O)CC2)c1. The first-order valence-corrected chi connectivity index (χ1v) is 8.00. The van der Waals surface area contributed by atoms with Crippen LogP contribution in [0.2, 0.25) is 0 Å². The highest BCUT2D eigenvalue weighted by Gasteiger charge is 2.22. The molecule has 6 heteroatoms. The van der Waals surface area contributed by atoms with E-state index in [1.54, 1.807) is 12.1 Å². The van der Waals surface area contributed by atoms with E-state index in [0.717, 1.165) is 48.7 Å². The Hall–Kier alpha value is -2.76. The van der Waals surface area contributed by atoms with Gasteiger partial charge >= 0.3 is 0 Å². The van der Waals surface area contributed by atoms with Crippen molar-refractivity contribution in [2.24, 2.45) is 10.4 Å². The van der Waals surface area contributed by atoms with Gasteiger partial charge in [-0.1, -0.05) is 12.1 Å². The van der Waals surface area contributed by atoms with Gasteiger partial charge in [0.1, 0.15) is 11.4 Å². The zero-order chi connectivity index (χ0) is 17.1. The summed E-state index contributed by atoms with van der Waals surface area (Å²) in [5.74, 6) is 0. The van der Waals surface area contributed by atoms with Crippen molar-refractivity contribution >= 4 is 22.7 Å². The highest BCUT2D eigenvalue weighted by molar-refractivity contribution is 5.71. The van der Waals surface area contributed by atoms with Crippen LogP contribution in [0.15, 0.2) is 46.8 Å². The normalized spacial score (nSPS) is 14.6. The molecular weight excluding hydrogens is 304 g/mol. The quantitative estimate of drug-likeness (QED) is 0.781. The standard InChI is InChI=1S/C18H20N4O2/c1-13-3-5-15(19-23)17(11-13)21-7-9-22(10-8-21)18-12-14(2)4-6-16(18)20-24/h3-6,11-12H,7-10H2,1-2H3. The molecule has 0 spiro atoms. The van der Waals surface area contributed by atoms with Crippen LogP contribution in [0.4, 0.5) is 22.7 Å². The average molecular weight is 324 g/mol. The Kier molecular flexibility index (Phi) is 4.55. The molecule has 1 fully saturated rings. The maximum absolute atomic E-state index is 11.1. The van der Waals surface area contributed by atoms with Gasteiger partial charge in [-0.2, -0.15) is 0 Å². The minimum Gasteiger partial charge on any atom is -0.366 e. The van der Waals surface area contributed by atoms with Gasteiger partial charge in [0.2, 0.25) is 0 Å². The van der Waals surface area contributed by atoms with E-state index >= 15 is 0 Å². The first-order chi connectivity index (χ1) is 11.6. The Morgan fingerprint density at radius 3 is 1.42 bits per heavy atom. The van der Waals surface area contributed by atoms with Gasteiger partial charge in [-0.05, 0) is 59.6 Å². The second kappa shape index (κ2) is 6.78. The maximum atomic E-state index is 11.1. The molecule has 2 aromatic rings. The lowest BCUT2D eigenvalue weighted by molar-refractivity contribution is 0.654. The van der Waals surface area contributed by atoms with Gasteiger partial charge in [0.05, 0.1) is 11.4 Å². The molecule has 0 saturated carbocycles. The third kappa shape index (κ3) is 3.13. The molecule has 0 aliphatic carbocycles. The van der Waals surface area contributed by atoms with Gasteiger partial charge in [-0.15, -0.1) is 9.81 Å². The molecule has 1 aliphatic rings. The smallest absolute Gasteiger partial charge is 0.131 e. The first kappa shape index (κ1) is 16.1. The Labute approximate surface area is 141 Å². The summed E-state index contributed by atoms with van der Waals surface area (Å²) in [6.07, 6.45) is 0. The Balaban J connectivity index is 1.79. The number of nitrogens with zero attached hydrogens (tertiary/aromatic N) is 4. The topological polar surface area (TPSA) is 65.3 Å². The van der Waals surface area contributed by atoms with Crippen molar-refractivity contribution in [3.05, 3.63) is 57.3 Å². The fraction of sp³-hybridized carbons (Fsp3) is 0.333. The van der Waals surface area contributed by atoms with Crippen LogP contribution in [0, 0.1) is 23.7 Å². The molecule has 1 heterocycles. The molecule has 0 amide bonds. The summed E-state index contributed by atoms with van der Waals surface area (Å²) < 4.78 is 0. The predicted octanol–water partition coefficient (Wildman–Crippen LogP) is 4.43. The maximum Gasteiger partial charge on any atom is 0.131 e. The molecule has 0 aromatic heterocycles. The van der Waals surface area contributed by atoms with Gasteiger partial charge in [-0.25, -0.2) is 0 Å². The molecule has 0 bridgehead atoms. The lowest BCUT2D eigenvalue weighted by atomic mass is 10.1. The fourth-order valence-corrected chi connectivity index (χ4v) is 3.12. The molecule has 0 radical (unpaired) electrons. The highest BCUT2D eigenvalue weighted by atomic mass is 16.3. The molecule has 3 rings (SSSR count). The number of aryl methyl sites for hydroxylation is 2. The summed E-state index contributed by atoms with van der Waals surface area (Å²) in [5, 5.41) is 6.28. The zero-order valence-corrected chi connectivity index (χ0v) is 13.9. The molecule has 124 valence electrons. The molecular formula is C18H20N4O2. The number of rotatable bonds is 4. The van der Waals surface area contributed by atoms with Crippen LogP contribution in [0.1, 0.15) is 11.1 Å². The summed E-state index contributed by atoms with van der Waals surface area (Å²) in [4.78, 5) is 26.4. The highest BCUT2D eigenvalue weighted by Crippen LogP contribution is 2.33. The minimum atomic E-state index is 0.472. The fourth-order valence-electron chi connectivity index (χ4n) is 3.12. The van der Waals surface area contributed by atoms with Crippen molar-refractivity contribution in [2.75, 3.05) is 36.0 Å². The van der Waals surface area contributed by atoms with Crippen LogP contribution in [0.3, 0.4) is 0 Å². The van der Waals surface area contributed by atoms with Gasteiger partial charge in [0.25, 0.3) is 0 Å². The number of piperazine rings is 1. The van der Waals surface area contributed by atoms with Crippen LogP contribution in [-0.2, 0) is 0 Å². The van der Waals surface area contributed by atoms with E-state index in [4.69, 9.17) is 0 Å². The number of hydrogen-bond acceptors (Lipinski definition) is 6. The lowest BCUT2D eigenvalue weighted by Crippen LogP contribution is -2.46. The molecule has 6 nitrogen and oxygen atoms in total. The van der Waals surface area contributed by atoms with Crippen LogP contribution < -0.4 is 9.80 Å². The van der Waals surface area contributed by atoms with Crippen molar-refractivity contribution in [3.63, 3.8) is 0 Å². The van der Waals surface area contributed by atoms with Gasteiger partial charge < -0.3 is 9.80 Å². The van der Waals surface area contributed by atoms with Crippen molar-refractivity contribution in [1.29, 1.82) is 0 Å². The second-order valence-corrected chi connectivity index (χ2v) is 6.14. The number of nitroso groups, excluding NO2 is 2. The van der Waals surface area contributed by atoms with Gasteiger partial charge in [0, 0.05) is 26.2 Å². The summed E-state index contributed by atoms with van der Waals surface area (Å²) in [5.41, 5.74) is 4.90. The molecule has 1 aliphatic heterocycles.